The molecule has 0 unspecified atom stereocenters. The average molecular weight is 1190 g/mol. The van der Waals surface area contributed by atoms with Crippen LogP contribution in [0.2, 0.25) is 60.4 Å². The Hall–Kier alpha value is -1.22. The molecule has 0 spiro atoms. The second-order valence-corrected chi connectivity index (χ2v) is 34.4. The van der Waals surface area contributed by atoms with Gasteiger partial charge in [-0.15, -0.1) is 0 Å². The second kappa shape index (κ2) is 23.4. The first-order chi connectivity index (χ1) is 30.6. The van der Waals surface area contributed by atoms with Crippen LogP contribution in [0, 0.1) is 0 Å². The molecular formula is C30H40F30O5Si5. The molecule has 5 nitrogen and oxygen atoms in total. The zero-order valence-electron chi connectivity index (χ0n) is 35.0. The normalized spacial score (nSPS) is 20.1. The van der Waals surface area contributed by atoms with Crippen molar-refractivity contribution in [3.8, 4) is 0 Å². The maximum Gasteiger partial charge on any atom is 0.389 e. The van der Waals surface area contributed by atoms with Crippen LogP contribution in [0.15, 0.2) is 0 Å². The lowest BCUT2D eigenvalue weighted by Crippen LogP contribution is -2.71. The fourth-order valence-corrected chi connectivity index (χ4v) is 39.1. The van der Waals surface area contributed by atoms with Crippen molar-refractivity contribution in [3.63, 3.8) is 0 Å². The highest BCUT2D eigenvalue weighted by Crippen LogP contribution is 2.51. The van der Waals surface area contributed by atoms with Crippen molar-refractivity contribution < 1.29 is 152 Å². The number of rotatable bonds is 20. The summed E-state index contributed by atoms with van der Waals surface area (Å²) in [6.45, 7) is 0. The van der Waals surface area contributed by atoms with Crippen molar-refractivity contribution in [2.24, 2.45) is 0 Å². The first-order valence-corrected chi connectivity index (χ1v) is 30.9. The molecule has 70 heavy (non-hydrogen) atoms. The highest BCUT2D eigenvalue weighted by Gasteiger charge is 2.66. The summed E-state index contributed by atoms with van der Waals surface area (Å²) in [5.74, 6) is 0. The van der Waals surface area contributed by atoms with Gasteiger partial charge in [-0.1, -0.05) is 0 Å². The van der Waals surface area contributed by atoms with Crippen molar-refractivity contribution in [1.82, 2.24) is 0 Å². The molecule has 1 heterocycles. The van der Waals surface area contributed by atoms with E-state index < -0.39 is 229 Å². The van der Waals surface area contributed by atoms with Crippen molar-refractivity contribution >= 4 is 42.8 Å². The molecule has 0 atom stereocenters. The molecule has 40 heteroatoms. The van der Waals surface area contributed by atoms with E-state index in [9.17, 15) is 132 Å². The Balaban J connectivity index is 5.29. The summed E-state index contributed by atoms with van der Waals surface area (Å²) in [5, 5.41) is 0. The summed E-state index contributed by atoms with van der Waals surface area (Å²) in [4.78, 5) is 0. The smallest absolute Gasteiger partial charge is 0.389 e. The van der Waals surface area contributed by atoms with Gasteiger partial charge in [0.1, 0.15) is 0 Å². The monoisotopic (exact) mass is 1190 g/mol. The molecule has 0 aromatic heterocycles. The standard InChI is InChI=1S/C30H40F30O5Si5/c31-21(32,33)1-11-66(12-2-22(34,35)36)61-67(13-3-23(37,38)39,14-4-24(40,41)42)63-69(17-7-27(49,50)51,18-8-28(52,53)54)65-70(19-9-29(55,56)57,20-10-30(58,59)60)64-68(62-66,15-5-25(43,44)45)16-6-26(46,47)48/h1-20H2. The molecule has 420 valence electrons. The lowest BCUT2D eigenvalue weighted by Gasteiger charge is -2.54. The van der Waals surface area contributed by atoms with Gasteiger partial charge >= 0.3 is 105 Å². The van der Waals surface area contributed by atoms with Crippen LogP contribution in [-0.2, 0) is 20.6 Å². The third-order valence-electron chi connectivity index (χ3n) is 9.75. The predicted octanol–water partition coefficient (Wildman–Crippen LogP) is 16.8. The Morgan fingerprint density at radius 2 is 0.229 bits per heavy atom. The predicted molar refractivity (Wildman–Crippen MR) is 189 cm³/mol. The molecule has 0 radical (unpaired) electrons. The topological polar surface area (TPSA) is 46.2 Å². The van der Waals surface area contributed by atoms with E-state index in [2.05, 4.69) is 0 Å². The maximum absolute atomic E-state index is 14.1. The minimum atomic E-state index is -6.99. The van der Waals surface area contributed by atoms with Gasteiger partial charge in [-0.25, -0.2) is 0 Å². The van der Waals surface area contributed by atoms with Crippen molar-refractivity contribution in [1.29, 1.82) is 0 Å². The Bertz CT molecular complexity index is 1200. The van der Waals surface area contributed by atoms with Gasteiger partial charge in [-0.05, 0) is 60.4 Å². The van der Waals surface area contributed by atoms with E-state index in [1.165, 1.54) is 0 Å². The minimum absolute atomic E-state index is 2.49. The summed E-state index contributed by atoms with van der Waals surface area (Å²) < 4.78 is 450. The molecule has 1 saturated heterocycles. The summed E-state index contributed by atoms with van der Waals surface area (Å²) in [7, 11) is -35.0. The molecule has 1 rings (SSSR count). The van der Waals surface area contributed by atoms with Crippen molar-refractivity contribution in [2.45, 2.75) is 186 Å². The third-order valence-corrected chi connectivity index (χ3v) is 34.8. The van der Waals surface area contributed by atoms with E-state index in [4.69, 9.17) is 20.6 Å². The van der Waals surface area contributed by atoms with Crippen LogP contribution in [0.25, 0.3) is 0 Å². The van der Waals surface area contributed by atoms with Crippen LogP contribution in [0.3, 0.4) is 0 Å². The quantitative estimate of drug-likeness (QED) is 0.0898. The molecule has 0 aromatic carbocycles. The van der Waals surface area contributed by atoms with Crippen LogP contribution in [-0.4, -0.2) is 105 Å². The van der Waals surface area contributed by atoms with E-state index in [1.807, 2.05) is 0 Å². The molecule has 1 aliphatic rings. The van der Waals surface area contributed by atoms with Crippen molar-refractivity contribution in [2.75, 3.05) is 0 Å². The van der Waals surface area contributed by atoms with Gasteiger partial charge in [0.15, 0.2) is 0 Å². The van der Waals surface area contributed by atoms with Crippen LogP contribution in [0.1, 0.15) is 64.2 Å². The fourth-order valence-electron chi connectivity index (χ4n) is 6.77. The number of hydrogen-bond donors (Lipinski definition) is 0. The summed E-state index contributed by atoms with van der Waals surface area (Å²) in [5.41, 5.74) is 0. The molecule has 0 saturated carbocycles. The van der Waals surface area contributed by atoms with Crippen LogP contribution >= 0.6 is 0 Å². The second-order valence-electron chi connectivity index (χ2n) is 16.2. The zero-order chi connectivity index (χ0) is 55.2. The molecule has 0 aliphatic carbocycles. The summed E-state index contributed by atoms with van der Waals surface area (Å²) in [6, 6.07) is -24.9. The zero-order valence-corrected chi connectivity index (χ0v) is 40.0. The average Bonchev–Trinajstić information content (AvgIpc) is 3.10. The van der Waals surface area contributed by atoms with Crippen LogP contribution in [0.5, 0.6) is 0 Å². The third kappa shape index (κ3) is 29.6. The van der Waals surface area contributed by atoms with Crippen LogP contribution in [0.4, 0.5) is 132 Å². The lowest BCUT2D eigenvalue weighted by molar-refractivity contribution is -0.135. The minimum Gasteiger partial charge on any atom is -0.415 e. The Kier molecular flexibility index (Phi) is 22.3. The highest BCUT2D eigenvalue weighted by atomic mass is 28.5. The summed E-state index contributed by atoms with van der Waals surface area (Å²) >= 11 is 0. The molecule has 0 aromatic rings. The van der Waals surface area contributed by atoms with Gasteiger partial charge in [0.05, 0.1) is 0 Å². The first kappa shape index (κ1) is 66.8. The Morgan fingerprint density at radius 1 is 0.157 bits per heavy atom. The Morgan fingerprint density at radius 3 is 0.286 bits per heavy atom. The van der Waals surface area contributed by atoms with E-state index >= 15 is 0 Å². The molecule has 0 amide bonds. The van der Waals surface area contributed by atoms with E-state index in [-0.39, 0.29) is 0 Å². The SMILES string of the molecule is FC(F)(F)CC[Si]1(CCC(F)(F)F)O[Si](CCC(F)(F)F)(CCC(F)(F)F)O[Si](CCC(F)(F)F)(CCC(F)(F)F)O[Si](CCC(F)(F)F)(CCC(F)(F)F)O[Si](CCC(F)(F)F)(CCC(F)(F)F)O1. The van der Waals surface area contributed by atoms with Gasteiger partial charge < -0.3 is 20.6 Å². The molecule has 1 fully saturated rings. The largest absolute Gasteiger partial charge is 0.415 e. The highest BCUT2D eigenvalue weighted by molar-refractivity contribution is 6.95. The number of alkyl halides is 30. The van der Waals surface area contributed by atoms with Gasteiger partial charge in [-0.2, -0.15) is 132 Å². The van der Waals surface area contributed by atoms with Gasteiger partial charge in [0.2, 0.25) is 0 Å². The molecule has 0 bridgehead atoms. The number of hydrogen-bond acceptors (Lipinski definition) is 5. The maximum atomic E-state index is 14.1. The van der Waals surface area contributed by atoms with Gasteiger partial charge in [-0.3, -0.25) is 0 Å². The number of halogens is 30. The fraction of sp³-hybridized carbons (Fsp3) is 1.00. The van der Waals surface area contributed by atoms with E-state index in [1.54, 1.807) is 0 Å². The molecule has 0 N–H and O–H groups in total. The summed E-state index contributed by atoms with van der Waals surface area (Å²) in [6.07, 6.45) is -86.7. The van der Waals surface area contributed by atoms with Crippen LogP contribution < -0.4 is 0 Å². The van der Waals surface area contributed by atoms with E-state index in [0.717, 1.165) is 0 Å². The first-order valence-electron chi connectivity index (χ1n) is 19.8. The molecule has 1 aliphatic heterocycles. The van der Waals surface area contributed by atoms with Gasteiger partial charge in [0, 0.05) is 64.2 Å². The molecular weight excluding hydrogens is 1150 g/mol. The van der Waals surface area contributed by atoms with E-state index in [0.29, 0.717) is 0 Å². The van der Waals surface area contributed by atoms with Crippen molar-refractivity contribution in [3.05, 3.63) is 0 Å². The lowest BCUT2D eigenvalue weighted by atomic mass is 10.5. The Labute approximate surface area is 381 Å². The van der Waals surface area contributed by atoms with Gasteiger partial charge in [0.25, 0.3) is 0 Å².